The summed E-state index contributed by atoms with van der Waals surface area (Å²) in [6, 6.07) is 29.5. The molecule has 1 unspecified atom stereocenters. The number of halogens is 1. The van der Waals surface area contributed by atoms with Gasteiger partial charge in [-0.3, -0.25) is 19.7 Å². The maximum Gasteiger partial charge on any atom is 0.269 e. The van der Waals surface area contributed by atoms with Gasteiger partial charge in [0.25, 0.3) is 11.6 Å². The molecule has 9 heteroatoms. The van der Waals surface area contributed by atoms with Crippen LogP contribution in [-0.2, 0) is 4.79 Å². The predicted molar refractivity (Wildman–Crippen MR) is 145 cm³/mol. The first-order valence-electron chi connectivity index (χ1n) is 10.8. The Morgan fingerprint density at radius 3 is 2.08 bits per heavy atom. The van der Waals surface area contributed by atoms with Crippen molar-refractivity contribution in [3.63, 3.8) is 0 Å². The van der Waals surface area contributed by atoms with Crippen LogP contribution in [0.2, 0.25) is 0 Å². The van der Waals surface area contributed by atoms with Crippen molar-refractivity contribution in [2.75, 3.05) is 10.6 Å². The zero-order valence-corrected chi connectivity index (χ0v) is 21.2. The van der Waals surface area contributed by atoms with E-state index in [1.165, 1.54) is 36.0 Å². The highest BCUT2D eigenvalue weighted by Gasteiger charge is 2.23. The topological polar surface area (TPSA) is 101 Å². The molecule has 0 aliphatic heterocycles. The molecule has 0 aromatic heterocycles. The van der Waals surface area contributed by atoms with Gasteiger partial charge >= 0.3 is 0 Å². The second kappa shape index (κ2) is 11.7. The van der Waals surface area contributed by atoms with E-state index in [1.807, 2.05) is 66.7 Å². The van der Waals surface area contributed by atoms with Crippen molar-refractivity contribution in [2.45, 2.75) is 10.1 Å². The molecule has 2 N–H and O–H groups in total. The van der Waals surface area contributed by atoms with Gasteiger partial charge in [-0.05, 0) is 70.0 Å². The van der Waals surface area contributed by atoms with Gasteiger partial charge in [0.15, 0.2) is 0 Å². The van der Waals surface area contributed by atoms with Crippen LogP contribution < -0.4 is 10.6 Å². The molecule has 4 aromatic carbocycles. The summed E-state index contributed by atoms with van der Waals surface area (Å²) in [6.45, 7) is 0. The van der Waals surface area contributed by atoms with Gasteiger partial charge in [0.05, 0.1) is 10.6 Å². The minimum Gasteiger partial charge on any atom is -0.324 e. The van der Waals surface area contributed by atoms with Gasteiger partial charge in [0.2, 0.25) is 5.91 Å². The standard InChI is InChI=1S/C27H20BrN3O4S/c28-23-8-4-5-9-24(23)30-27(33)25(18-6-2-1-3-7-18)36-22-16-12-20(13-17-22)29-26(32)19-10-14-21(15-11-19)31(34)35/h1-17,25H,(H,29,32)(H,30,33). The Kier molecular flexibility index (Phi) is 8.14. The summed E-state index contributed by atoms with van der Waals surface area (Å²) < 4.78 is 0.795. The molecular weight excluding hydrogens is 542 g/mol. The summed E-state index contributed by atoms with van der Waals surface area (Å²) >= 11 is 4.86. The lowest BCUT2D eigenvalue weighted by Gasteiger charge is -2.18. The number of benzene rings is 4. The van der Waals surface area contributed by atoms with Crippen LogP contribution in [0.25, 0.3) is 0 Å². The normalized spacial score (nSPS) is 11.4. The summed E-state index contributed by atoms with van der Waals surface area (Å²) in [6.07, 6.45) is 0. The number of nitrogens with one attached hydrogen (secondary N) is 2. The van der Waals surface area contributed by atoms with Crippen molar-refractivity contribution in [1.82, 2.24) is 0 Å². The average Bonchev–Trinajstić information content (AvgIpc) is 2.90. The van der Waals surface area contributed by atoms with Crippen LogP contribution in [0.3, 0.4) is 0 Å². The molecule has 180 valence electrons. The summed E-state index contributed by atoms with van der Waals surface area (Å²) in [5.41, 5.74) is 2.35. The summed E-state index contributed by atoms with van der Waals surface area (Å²) in [5.74, 6) is -0.533. The first-order valence-corrected chi connectivity index (χ1v) is 12.5. The van der Waals surface area contributed by atoms with E-state index >= 15 is 0 Å². The van der Waals surface area contributed by atoms with E-state index < -0.39 is 10.2 Å². The van der Waals surface area contributed by atoms with E-state index in [9.17, 15) is 19.7 Å². The van der Waals surface area contributed by atoms with Crippen molar-refractivity contribution >= 4 is 56.6 Å². The summed E-state index contributed by atoms with van der Waals surface area (Å²) in [5, 5.41) is 16.1. The summed E-state index contributed by atoms with van der Waals surface area (Å²) in [4.78, 5) is 36.9. The first kappa shape index (κ1) is 25.2. The maximum atomic E-state index is 13.3. The summed E-state index contributed by atoms with van der Waals surface area (Å²) in [7, 11) is 0. The zero-order chi connectivity index (χ0) is 25.5. The quantitative estimate of drug-likeness (QED) is 0.136. The van der Waals surface area contributed by atoms with Crippen LogP contribution in [-0.4, -0.2) is 16.7 Å². The molecule has 0 aliphatic carbocycles. The molecule has 0 aliphatic rings. The van der Waals surface area contributed by atoms with Gasteiger partial charge in [-0.15, -0.1) is 11.8 Å². The highest BCUT2D eigenvalue weighted by atomic mass is 79.9. The number of para-hydroxylation sites is 1. The minimum atomic E-state index is -0.514. The SMILES string of the molecule is O=C(Nc1ccc(SC(C(=O)Nc2ccccc2Br)c2ccccc2)cc1)c1ccc([N+](=O)[O-])cc1. The monoisotopic (exact) mass is 561 g/mol. The van der Waals surface area contributed by atoms with E-state index in [4.69, 9.17) is 0 Å². The molecule has 4 aromatic rings. The van der Waals surface area contributed by atoms with Crippen LogP contribution in [0.1, 0.15) is 21.2 Å². The number of hydrogen-bond donors (Lipinski definition) is 2. The zero-order valence-electron chi connectivity index (χ0n) is 18.8. The van der Waals surface area contributed by atoms with Crippen molar-refractivity contribution in [2.24, 2.45) is 0 Å². The number of thioether (sulfide) groups is 1. The lowest BCUT2D eigenvalue weighted by atomic mass is 10.1. The molecule has 0 bridgehead atoms. The number of non-ortho nitro benzene ring substituents is 1. The number of rotatable bonds is 8. The van der Waals surface area contributed by atoms with Gasteiger partial charge in [0.1, 0.15) is 5.25 Å². The molecule has 7 nitrogen and oxygen atoms in total. The second-order valence-electron chi connectivity index (χ2n) is 7.66. The number of nitro benzene ring substituents is 1. The molecule has 2 amide bonds. The molecule has 1 atom stereocenters. The Balaban J connectivity index is 1.47. The van der Waals surface area contributed by atoms with Gasteiger partial charge in [-0.25, -0.2) is 0 Å². The van der Waals surface area contributed by atoms with Crippen molar-refractivity contribution in [1.29, 1.82) is 0 Å². The fourth-order valence-corrected chi connectivity index (χ4v) is 4.76. The van der Waals surface area contributed by atoms with Gasteiger partial charge in [0, 0.05) is 32.8 Å². The number of nitrogens with zero attached hydrogens (tertiary/aromatic N) is 1. The number of carbonyl (C=O) groups is 2. The molecule has 0 radical (unpaired) electrons. The van der Waals surface area contributed by atoms with E-state index in [-0.39, 0.29) is 17.5 Å². The number of hydrogen-bond acceptors (Lipinski definition) is 5. The second-order valence-corrected chi connectivity index (χ2v) is 9.69. The first-order chi connectivity index (χ1) is 17.4. The molecule has 0 heterocycles. The highest BCUT2D eigenvalue weighted by molar-refractivity contribution is 9.10. The Bertz CT molecular complexity index is 1380. The third-order valence-corrected chi connectivity index (χ3v) is 7.14. The molecule has 0 fully saturated rings. The predicted octanol–water partition coefficient (Wildman–Crippen LogP) is 7.08. The van der Waals surface area contributed by atoms with Crippen LogP contribution in [0, 0.1) is 10.1 Å². The average molecular weight is 562 g/mol. The van der Waals surface area contributed by atoms with E-state index in [0.717, 1.165) is 14.9 Å². The van der Waals surface area contributed by atoms with Crippen molar-refractivity contribution in [3.05, 3.63) is 129 Å². The Morgan fingerprint density at radius 1 is 0.806 bits per heavy atom. The molecular formula is C27H20BrN3O4S. The maximum absolute atomic E-state index is 13.3. The van der Waals surface area contributed by atoms with Gasteiger partial charge in [-0.2, -0.15) is 0 Å². The molecule has 0 saturated heterocycles. The third kappa shape index (κ3) is 6.38. The largest absolute Gasteiger partial charge is 0.324 e. The molecule has 0 spiro atoms. The Hall–Kier alpha value is -3.95. The van der Waals surface area contributed by atoms with Crippen molar-refractivity contribution in [3.8, 4) is 0 Å². The van der Waals surface area contributed by atoms with Crippen LogP contribution in [0.15, 0.2) is 112 Å². The van der Waals surface area contributed by atoms with E-state index in [0.29, 0.717) is 16.9 Å². The fourth-order valence-electron chi connectivity index (χ4n) is 3.35. The van der Waals surface area contributed by atoms with E-state index in [1.54, 1.807) is 12.1 Å². The minimum absolute atomic E-state index is 0.0791. The Morgan fingerprint density at radius 2 is 1.44 bits per heavy atom. The van der Waals surface area contributed by atoms with E-state index in [2.05, 4.69) is 26.6 Å². The van der Waals surface area contributed by atoms with Crippen LogP contribution in [0.4, 0.5) is 17.1 Å². The number of carbonyl (C=O) groups excluding carboxylic acids is 2. The molecule has 36 heavy (non-hydrogen) atoms. The number of anilines is 2. The lowest BCUT2D eigenvalue weighted by molar-refractivity contribution is -0.384. The lowest BCUT2D eigenvalue weighted by Crippen LogP contribution is -2.19. The number of nitro groups is 1. The Labute approximate surface area is 220 Å². The fraction of sp³-hybridized carbons (Fsp3) is 0.0370. The highest BCUT2D eigenvalue weighted by Crippen LogP contribution is 2.37. The number of amides is 2. The van der Waals surface area contributed by atoms with Crippen LogP contribution in [0.5, 0.6) is 0 Å². The van der Waals surface area contributed by atoms with Gasteiger partial charge in [-0.1, -0.05) is 42.5 Å². The third-order valence-electron chi connectivity index (χ3n) is 5.18. The molecule has 4 rings (SSSR count). The van der Waals surface area contributed by atoms with Crippen LogP contribution >= 0.6 is 27.7 Å². The van der Waals surface area contributed by atoms with Crippen molar-refractivity contribution < 1.29 is 14.5 Å². The molecule has 0 saturated carbocycles. The van der Waals surface area contributed by atoms with Gasteiger partial charge < -0.3 is 10.6 Å². The smallest absolute Gasteiger partial charge is 0.269 e.